The van der Waals surface area contributed by atoms with Gasteiger partial charge in [0, 0.05) is 13.1 Å². The zero-order valence-corrected chi connectivity index (χ0v) is 6.85. The van der Waals surface area contributed by atoms with Crippen LogP contribution in [0.3, 0.4) is 0 Å². The number of nitrogens with zero attached hydrogens (tertiary/aromatic N) is 1. The minimum Gasteiger partial charge on any atom is -0.361 e. The van der Waals surface area contributed by atoms with Crippen LogP contribution in [0.15, 0.2) is 0 Å². The molecule has 0 aliphatic carbocycles. The molecule has 0 radical (unpaired) electrons. The van der Waals surface area contributed by atoms with Crippen molar-refractivity contribution in [3.63, 3.8) is 0 Å². The van der Waals surface area contributed by atoms with E-state index in [-0.39, 0.29) is 0 Å². The number of likely N-dealkylation sites (tertiary alicyclic amines) is 1. The lowest BCUT2D eigenvalue weighted by atomic mass is 10.0. The SMILES string of the molecule is CC(=N)N1CCC[C@H](C)C1. The first kappa shape index (κ1) is 7.58. The topological polar surface area (TPSA) is 27.1 Å². The minimum absolute atomic E-state index is 0.728. The maximum Gasteiger partial charge on any atom is 0.0925 e. The average molecular weight is 140 g/mol. The van der Waals surface area contributed by atoms with Crippen LogP contribution in [0.5, 0.6) is 0 Å². The van der Waals surface area contributed by atoms with E-state index in [1.165, 1.54) is 12.8 Å². The highest BCUT2D eigenvalue weighted by molar-refractivity contribution is 5.76. The Morgan fingerprint density at radius 2 is 2.30 bits per heavy atom. The molecule has 1 fully saturated rings. The first-order chi connectivity index (χ1) is 4.70. The van der Waals surface area contributed by atoms with Gasteiger partial charge in [-0.15, -0.1) is 0 Å². The predicted octanol–water partition coefficient (Wildman–Crippen LogP) is 1.72. The minimum atomic E-state index is 0.728. The maximum atomic E-state index is 7.40. The number of hydrogen-bond donors (Lipinski definition) is 1. The van der Waals surface area contributed by atoms with Crippen LogP contribution in [0.25, 0.3) is 0 Å². The molecule has 1 aliphatic heterocycles. The summed E-state index contributed by atoms with van der Waals surface area (Å²) in [6.07, 6.45) is 2.60. The molecule has 0 saturated carbocycles. The molecule has 0 bridgehead atoms. The van der Waals surface area contributed by atoms with Gasteiger partial charge in [0.05, 0.1) is 5.84 Å². The third-order valence-electron chi connectivity index (χ3n) is 2.13. The van der Waals surface area contributed by atoms with Gasteiger partial charge in [-0.2, -0.15) is 0 Å². The molecular formula is C8H16N2. The second-order valence-corrected chi connectivity index (χ2v) is 3.28. The standard InChI is InChI=1S/C8H16N2/c1-7-4-3-5-10(6-7)8(2)9/h7,9H,3-6H2,1-2H3/t7-/m0/s1. The molecule has 2 nitrogen and oxygen atoms in total. The molecule has 1 N–H and O–H groups in total. The first-order valence-corrected chi connectivity index (χ1v) is 4.00. The van der Waals surface area contributed by atoms with Crippen LogP contribution in [-0.2, 0) is 0 Å². The molecule has 1 aliphatic rings. The second kappa shape index (κ2) is 3.04. The van der Waals surface area contributed by atoms with Crippen LogP contribution in [0.4, 0.5) is 0 Å². The van der Waals surface area contributed by atoms with Crippen molar-refractivity contribution in [2.45, 2.75) is 26.7 Å². The summed E-state index contributed by atoms with van der Waals surface area (Å²) in [7, 11) is 0. The van der Waals surface area contributed by atoms with Gasteiger partial charge in [-0.05, 0) is 25.7 Å². The quantitative estimate of drug-likeness (QED) is 0.402. The molecule has 1 heterocycles. The van der Waals surface area contributed by atoms with Gasteiger partial charge in [-0.1, -0.05) is 6.92 Å². The van der Waals surface area contributed by atoms with Crippen molar-refractivity contribution in [3.05, 3.63) is 0 Å². The van der Waals surface area contributed by atoms with Crippen molar-refractivity contribution in [2.75, 3.05) is 13.1 Å². The van der Waals surface area contributed by atoms with Crippen LogP contribution in [0.1, 0.15) is 26.7 Å². The molecular weight excluding hydrogens is 124 g/mol. The number of rotatable bonds is 0. The fourth-order valence-corrected chi connectivity index (χ4v) is 1.49. The highest BCUT2D eigenvalue weighted by Crippen LogP contribution is 2.14. The predicted molar refractivity (Wildman–Crippen MR) is 43.4 cm³/mol. The number of piperidine rings is 1. The summed E-state index contributed by atoms with van der Waals surface area (Å²) in [6, 6.07) is 0. The molecule has 0 spiro atoms. The third-order valence-corrected chi connectivity index (χ3v) is 2.13. The summed E-state index contributed by atoms with van der Waals surface area (Å²) < 4.78 is 0. The Hall–Kier alpha value is -0.530. The van der Waals surface area contributed by atoms with Gasteiger partial charge in [-0.3, -0.25) is 5.41 Å². The van der Waals surface area contributed by atoms with Crippen molar-refractivity contribution in [2.24, 2.45) is 5.92 Å². The molecule has 1 rings (SSSR count). The van der Waals surface area contributed by atoms with Gasteiger partial charge >= 0.3 is 0 Å². The lowest BCUT2D eigenvalue weighted by molar-refractivity contribution is 0.271. The van der Waals surface area contributed by atoms with E-state index in [2.05, 4.69) is 11.8 Å². The van der Waals surface area contributed by atoms with Crippen molar-refractivity contribution in [3.8, 4) is 0 Å². The van der Waals surface area contributed by atoms with Gasteiger partial charge in [0.2, 0.25) is 0 Å². The molecule has 1 saturated heterocycles. The van der Waals surface area contributed by atoms with Crippen LogP contribution < -0.4 is 0 Å². The smallest absolute Gasteiger partial charge is 0.0925 e. The Balaban J connectivity index is 2.39. The summed E-state index contributed by atoms with van der Waals surface area (Å²) in [5.74, 6) is 1.51. The maximum absolute atomic E-state index is 7.40. The Morgan fingerprint density at radius 3 is 2.70 bits per heavy atom. The summed E-state index contributed by atoms with van der Waals surface area (Å²) in [4.78, 5) is 2.16. The third kappa shape index (κ3) is 1.72. The molecule has 0 aromatic rings. The summed E-state index contributed by atoms with van der Waals surface area (Å²) in [5.41, 5.74) is 0. The monoisotopic (exact) mass is 140 g/mol. The number of nitrogens with one attached hydrogen (secondary N) is 1. The van der Waals surface area contributed by atoms with Crippen molar-refractivity contribution < 1.29 is 0 Å². The molecule has 0 aromatic carbocycles. The lowest BCUT2D eigenvalue weighted by Gasteiger charge is -2.31. The van der Waals surface area contributed by atoms with Crippen molar-refractivity contribution in [1.82, 2.24) is 4.90 Å². The molecule has 2 heteroatoms. The summed E-state index contributed by atoms with van der Waals surface area (Å²) in [6.45, 7) is 6.32. The molecule has 10 heavy (non-hydrogen) atoms. The number of hydrogen-bond acceptors (Lipinski definition) is 1. The largest absolute Gasteiger partial charge is 0.361 e. The van der Waals surface area contributed by atoms with Gasteiger partial charge < -0.3 is 4.90 Å². The molecule has 0 aromatic heterocycles. The number of amidine groups is 1. The highest BCUT2D eigenvalue weighted by Gasteiger charge is 2.15. The first-order valence-electron chi connectivity index (χ1n) is 4.00. The van der Waals surface area contributed by atoms with E-state index in [0.717, 1.165) is 24.8 Å². The van der Waals surface area contributed by atoms with E-state index in [9.17, 15) is 0 Å². The van der Waals surface area contributed by atoms with Gasteiger partial charge in [0.15, 0.2) is 0 Å². The summed E-state index contributed by atoms with van der Waals surface area (Å²) in [5, 5.41) is 7.40. The van der Waals surface area contributed by atoms with E-state index in [1.807, 2.05) is 6.92 Å². The fourth-order valence-electron chi connectivity index (χ4n) is 1.49. The highest BCUT2D eigenvalue weighted by atomic mass is 15.2. The summed E-state index contributed by atoms with van der Waals surface area (Å²) >= 11 is 0. The molecule has 0 amide bonds. The van der Waals surface area contributed by atoms with Gasteiger partial charge in [-0.25, -0.2) is 0 Å². The van der Waals surface area contributed by atoms with E-state index >= 15 is 0 Å². The second-order valence-electron chi connectivity index (χ2n) is 3.28. The zero-order valence-electron chi connectivity index (χ0n) is 6.85. The van der Waals surface area contributed by atoms with E-state index in [1.54, 1.807) is 0 Å². The Bertz CT molecular complexity index is 131. The van der Waals surface area contributed by atoms with E-state index < -0.39 is 0 Å². The van der Waals surface area contributed by atoms with Gasteiger partial charge in [0.25, 0.3) is 0 Å². The van der Waals surface area contributed by atoms with Crippen LogP contribution in [0, 0.1) is 11.3 Å². The van der Waals surface area contributed by atoms with E-state index in [0.29, 0.717) is 0 Å². The molecule has 1 atom stereocenters. The molecule has 58 valence electrons. The van der Waals surface area contributed by atoms with Crippen molar-refractivity contribution in [1.29, 1.82) is 5.41 Å². The van der Waals surface area contributed by atoms with Gasteiger partial charge in [0.1, 0.15) is 0 Å². The lowest BCUT2D eigenvalue weighted by Crippen LogP contribution is -2.37. The van der Waals surface area contributed by atoms with Crippen LogP contribution in [-0.4, -0.2) is 23.8 Å². The fraction of sp³-hybridized carbons (Fsp3) is 0.875. The Kier molecular flexibility index (Phi) is 2.30. The zero-order chi connectivity index (χ0) is 7.56. The Morgan fingerprint density at radius 1 is 1.60 bits per heavy atom. The van der Waals surface area contributed by atoms with Crippen molar-refractivity contribution >= 4 is 5.84 Å². The average Bonchev–Trinajstić information content (AvgIpc) is 1.88. The van der Waals surface area contributed by atoms with Crippen LogP contribution >= 0.6 is 0 Å². The normalized spacial score (nSPS) is 26.6. The van der Waals surface area contributed by atoms with Crippen LogP contribution in [0.2, 0.25) is 0 Å². The molecule has 0 unspecified atom stereocenters. The van der Waals surface area contributed by atoms with E-state index in [4.69, 9.17) is 5.41 Å². The Labute approximate surface area is 62.7 Å².